The minimum atomic E-state index is -3.41. The van der Waals surface area contributed by atoms with Gasteiger partial charge < -0.3 is 5.32 Å². The number of sulfone groups is 1. The minimum Gasteiger partial charge on any atom is -0.384 e. The lowest BCUT2D eigenvalue weighted by Crippen LogP contribution is -2.03. The van der Waals surface area contributed by atoms with Crippen LogP contribution in [-0.2, 0) is 9.84 Å². The highest BCUT2D eigenvalue weighted by molar-refractivity contribution is 7.90. The Kier molecular flexibility index (Phi) is 3.79. The van der Waals surface area contributed by atoms with Gasteiger partial charge in [0.2, 0.25) is 0 Å². The SMILES string of the molecule is CCNc1cc(Cl)c(S(C)(=O)=O)cc1C#N. The normalized spacial score (nSPS) is 10.9. The molecule has 4 nitrogen and oxygen atoms in total. The molecule has 0 radical (unpaired) electrons. The molecule has 6 heteroatoms. The van der Waals surface area contributed by atoms with Crippen molar-refractivity contribution in [2.75, 3.05) is 18.1 Å². The number of hydrogen-bond donors (Lipinski definition) is 1. The van der Waals surface area contributed by atoms with Crippen LogP contribution in [0.2, 0.25) is 5.02 Å². The largest absolute Gasteiger partial charge is 0.384 e. The number of anilines is 1. The molecular formula is C10H11ClN2O2S. The van der Waals surface area contributed by atoms with Crippen LogP contribution in [0.25, 0.3) is 0 Å². The molecule has 0 atom stereocenters. The smallest absolute Gasteiger partial charge is 0.177 e. The second-order valence-corrected chi connectivity index (χ2v) is 5.63. The zero-order valence-corrected chi connectivity index (χ0v) is 10.5. The average molecular weight is 259 g/mol. The van der Waals surface area contributed by atoms with Crippen molar-refractivity contribution < 1.29 is 8.42 Å². The summed E-state index contributed by atoms with van der Waals surface area (Å²) >= 11 is 5.85. The first-order valence-electron chi connectivity index (χ1n) is 4.57. The number of rotatable bonds is 3. The Morgan fingerprint density at radius 2 is 2.12 bits per heavy atom. The molecule has 1 aromatic rings. The second kappa shape index (κ2) is 4.73. The van der Waals surface area contributed by atoms with Crippen molar-refractivity contribution in [2.45, 2.75) is 11.8 Å². The standard InChI is InChI=1S/C10H11ClN2O2S/c1-3-13-9-5-8(11)10(16(2,14)15)4-7(9)6-12/h4-5,13H,3H2,1-2H3. The van der Waals surface area contributed by atoms with E-state index in [2.05, 4.69) is 5.32 Å². The summed E-state index contributed by atoms with van der Waals surface area (Å²) in [4.78, 5) is -0.0210. The summed E-state index contributed by atoms with van der Waals surface area (Å²) < 4.78 is 22.8. The Hall–Kier alpha value is -1.25. The first-order valence-corrected chi connectivity index (χ1v) is 6.84. The second-order valence-electron chi connectivity index (χ2n) is 3.24. The molecule has 0 spiro atoms. The molecule has 0 aliphatic carbocycles. The molecule has 16 heavy (non-hydrogen) atoms. The third-order valence-corrected chi connectivity index (χ3v) is 3.52. The summed E-state index contributed by atoms with van der Waals surface area (Å²) in [5.41, 5.74) is 0.814. The van der Waals surface area contributed by atoms with Gasteiger partial charge in [0, 0.05) is 12.8 Å². The van der Waals surface area contributed by atoms with Gasteiger partial charge in [0.25, 0.3) is 0 Å². The van der Waals surface area contributed by atoms with Gasteiger partial charge in [-0.2, -0.15) is 5.26 Å². The number of nitriles is 1. The lowest BCUT2D eigenvalue weighted by Gasteiger charge is -2.09. The van der Waals surface area contributed by atoms with Crippen LogP contribution in [-0.4, -0.2) is 21.2 Å². The van der Waals surface area contributed by atoms with Crippen molar-refractivity contribution in [1.82, 2.24) is 0 Å². The van der Waals surface area contributed by atoms with E-state index in [-0.39, 0.29) is 15.5 Å². The molecule has 0 saturated carbocycles. The number of hydrogen-bond acceptors (Lipinski definition) is 4. The Bertz CT molecular complexity index is 547. The molecule has 0 saturated heterocycles. The zero-order chi connectivity index (χ0) is 12.3. The van der Waals surface area contributed by atoms with E-state index >= 15 is 0 Å². The highest BCUT2D eigenvalue weighted by Crippen LogP contribution is 2.28. The van der Waals surface area contributed by atoms with E-state index in [1.165, 1.54) is 12.1 Å². The third kappa shape index (κ3) is 2.65. The highest BCUT2D eigenvalue weighted by atomic mass is 35.5. The Labute approximate surface area is 99.8 Å². The van der Waals surface area contributed by atoms with Gasteiger partial charge in [-0.3, -0.25) is 0 Å². The topological polar surface area (TPSA) is 70.0 Å². The molecule has 1 rings (SSSR count). The molecule has 1 N–H and O–H groups in total. The number of nitrogens with one attached hydrogen (secondary N) is 1. The molecule has 0 unspecified atom stereocenters. The Morgan fingerprint density at radius 1 is 1.50 bits per heavy atom. The van der Waals surface area contributed by atoms with Crippen LogP contribution < -0.4 is 5.32 Å². The van der Waals surface area contributed by atoms with Gasteiger partial charge in [-0.05, 0) is 19.1 Å². The zero-order valence-electron chi connectivity index (χ0n) is 8.91. The summed E-state index contributed by atoms with van der Waals surface area (Å²) in [5, 5.41) is 12.0. The maximum atomic E-state index is 11.4. The van der Waals surface area contributed by atoms with E-state index in [0.717, 1.165) is 6.26 Å². The van der Waals surface area contributed by atoms with Crippen molar-refractivity contribution in [3.63, 3.8) is 0 Å². The maximum Gasteiger partial charge on any atom is 0.177 e. The third-order valence-electron chi connectivity index (χ3n) is 1.96. The first-order chi connectivity index (χ1) is 7.40. The van der Waals surface area contributed by atoms with Crippen molar-refractivity contribution in [1.29, 1.82) is 5.26 Å². The van der Waals surface area contributed by atoms with Crippen LogP contribution in [0, 0.1) is 11.3 Å². The van der Waals surface area contributed by atoms with E-state index in [9.17, 15) is 8.42 Å². The van der Waals surface area contributed by atoms with Crippen molar-refractivity contribution in [2.24, 2.45) is 0 Å². The van der Waals surface area contributed by atoms with Crippen LogP contribution in [0.5, 0.6) is 0 Å². The van der Waals surface area contributed by atoms with E-state index in [1.54, 1.807) is 0 Å². The fraction of sp³-hybridized carbons (Fsp3) is 0.300. The minimum absolute atomic E-state index is 0.0210. The van der Waals surface area contributed by atoms with Gasteiger partial charge in [-0.1, -0.05) is 11.6 Å². The number of nitrogens with zero attached hydrogens (tertiary/aromatic N) is 1. The van der Waals surface area contributed by atoms with Crippen molar-refractivity contribution in [3.05, 3.63) is 22.7 Å². The fourth-order valence-corrected chi connectivity index (χ4v) is 2.60. The molecule has 0 bridgehead atoms. The predicted octanol–water partition coefficient (Wildman–Crippen LogP) is 2.05. The summed E-state index contributed by atoms with van der Waals surface area (Å²) in [6, 6.07) is 4.68. The van der Waals surface area contributed by atoms with Crippen LogP contribution in [0.4, 0.5) is 5.69 Å². The van der Waals surface area contributed by atoms with Gasteiger partial charge >= 0.3 is 0 Å². The van der Waals surface area contributed by atoms with Crippen LogP contribution in [0.1, 0.15) is 12.5 Å². The molecule has 0 heterocycles. The molecular weight excluding hydrogens is 248 g/mol. The maximum absolute atomic E-state index is 11.4. The summed E-state index contributed by atoms with van der Waals surface area (Å²) in [7, 11) is -3.41. The monoisotopic (exact) mass is 258 g/mol. The lowest BCUT2D eigenvalue weighted by molar-refractivity contribution is 0.602. The summed E-state index contributed by atoms with van der Waals surface area (Å²) in [6.07, 6.45) is 1.06. The molecule has 86 valence electrons. The number of halogens is 1. The van der Waals surface area contributed by atoms with Crippen LogP contribution in [0.3, 0.4) is 0 Å². The molecule has 1 aromatic carbocycles. The summed E-state index contributed by atoms with van der Waals surface area (Å²) in [6.45, 7) is 2.50. The molecule has 0 aliphatic rings. The first kappa shape index (κ1) is 12.8. The Balaban J connectivity index is 3.45. The van der Waals surface area contributed by atoms with Crippen molar-refractivity contribution >= 4 is 27.1 Å². The van der Waals surface area contributed by atoms with E-state index in [1.807, 2.05) is 13.0 Å². The number of benzene rings is 1. The van der Waals surface area contributed by atoms with Gasteiger partial charge in [0.15, 0.2) is 9.84 Å². The average Bonchev–Trinajstić information content (AvgIpc) is 2.16. The highest BCUT2D eigenvalue weighted by Gasteiger charge is 2.15. The Morgan fingerprint density at radius 3 is 2.56 bits per heavy atom. The van der Waals surface area contributed by atoms with Gasteiger partial charge in [0.05, 0.1) is 21.2 Å². The van der Waals surface area contributed by atoms with Gasteiger partial charge in [-0.15, -0.1) is 0 Å². The lowest BCUT2D eigenvalue weighted by atomic mass is 10.2. The quantitative estimate of drug-likeness (QED) is 0.901. The molecule has 0 aromatic heterocycles. The van der Waals surface area contributed by atoms with Gasteiger partial charge in [0.1, 0.15) is 6.07 Å². The van der Waals surface area contributed by atoms with E-state index < -0.39 is 9.84 Å². The molecule has 0 aliphatic heterocycles. The summed E-state index contributed by atoms with van der Waals surface area (Å²) in [5.74, 6) is 0. The van der Waals surface area contributed by atoms with Crippen molar-refractivity contribution in [3.8, 4) is 6.07 Å². The van der Waals surface area contributed by atoms with E-state index in [4.69, 9.17) is 16.9 Å². The van der Waals surface area contributed by atoms with Gasteiger partial charge in [-0.25, -0.2) is 8.42 Å². The van der Waals surface area contributed by atoms with Crippen LogP contribution in [0.15, 0.2) is 17.0 Å². The fourth-order valence-electron chi connectivity index (χ4n) is 1.27. The predicted molar refractivity (Wildman–Crippen MR) is 63.4 cm³/mol. The van der Waals surface area contributed by atoms with E-state index in [0.29, 0.717) is 12.2 Å². The van der Waals surface area contributed by atoms with Crippen LogP contribution >= 0.6 is 11.6 Å². The molecule has 0 amide bonds. The molecule has 0 fully saturated rings.